The van der Waals surface area contributed by atoms with Gasteiger partial charge < -0.3 is 14.2 Å². The fourth-order valence-electron chi connectivity index (χ4n) is 4.96. The summed E-state index contributed by atoms with van der Waals surface area (Å²) in [6.07, 6.45) is 4.62. The molecular weight excluding hydrogens is 445 g/mol. The van der Waals surface area contributed by atoms with E-state index in [1.165, 1.54) is 17.7 Å². The van der Waals surface area contributed by atoms with Gasteiger partial charge in [0.05, 0.1) is 18.0 Å². The fourth-order valence-corrected chi connectivity index (χ4v) is 4.96. The smallest absolute Gasteiger partial charge is 0.414 e. The number of fused-ring (bicyclic) bond motifs is 2. The Balaban J connectivity index is 0.00000259. The number of para-hydroxylation sites is 1. The molecule has 8 heteroatoms. The van der Waals surface area contributed by atoms with Crippen LogP contribution in [0.2, 0.25) is 0 Å². The molecule has 0 aliphatic carbocycles. The maximum atomic E-state index is 13.4. The summed E-state index contributed by atoms with van der Waals surface area (Å²) < 4.78 is 24.4. The lowest BCUT2D eigenvalue weighted by Crippen LogP contribution is -2.37. The van der Waals surface area contributed by atoms with E-state index in [1.54, 1.807) is 11.0 Å². The molecule has 2 aromatic carbocycles. The summed E-state index contributed by atoms with van der Waals surface area (Å²) >= 11 is 0. The molecule has 0 N–H and O–H groups in total. The molecule has 33 heavy (non-hydrogen) atoms. The van der Waals surface area contributed by atoms with Gasteiger partial charge in [-0.2, -0.15) is 0 Å². The van der Waals surface area contributed by atoms with Crippen molar-refractivity contribution in [2.45, 2.75) is 38.0 Å². The molecule has 3 aromatic rings. The quantitative estimate of drug-likeness (QED) is 0.455. The molecule has 1 atom stereocenters. The van der Waals surface area contributed by atoms with Crippen LogP contribution in [0.4, 0.5) is 14.9 Å². The minimum atomic E-state index is -0.312. The van der Waals surface area contributed by atoms with Gasteiger partial charge in [0.15, 0.2) is 5.58 Å². The zero-order chi connectivity index (χ0) is 21.9. The van der Waals surface area contributed by atoms with Gasteiger partial charge in [-0.15, -0.1) is 12.4 Å². The first-order chi connectivity index (χ1) is 15.7. The molecule has 0 spiro atoms. The third-order valence-electron chi connectivity index (χ3n) is 6.53. The number of piperidine rings is 1. The monoisotopic (exact) mass is 473 g/mol. The molecular formula is C25H29ClFN3O3. The van der Waals surface area contributed by atoms with Gasteiger partial charge in [-0.25, -0.2) is 9.18 Å². The molecule has 2 aliphatic heterocycles. The van der Waals surface area contributed by atoms with Crippen LogP contribution >= 0.6 is 12.4 Å². The lowest BCUT2D eigenvalue weighted by molar-refractivity contribution is 0.138. The summed E-state index contributed by atoms with van der Waals surface area (Å²) in [5.41, 5.74) is 3.60. The second kappa shape index (κ2) is 10.5. The number of halogens is 2. The van der Waals surface area contributed by atoms with Crippen molar-refractivity contribution in [1.82, 2.24) is 10.1 Å². The zero-order valence-corrected chi connectivity index (χ0v) is 19.4. The van der Waals surface area contributed by atoms with E-state index in [1.807, 2.05) is 18.2 Å². The highest BCUT2D eigenvalue weighted by Crippen LogP contribution is 2.32. The van der Waals surface area contributed by atoms with Crippen molar-refractivity contribution in [2.24, 2.45) is 0 Å². The third kappa shape index (κ3) is 5.14. The molecule has 0 bridgehead atoms. The first-order valence-electron chi connectivity index (χ1n) is 11.5. The van der Waals surface area contributed by atoms with Crippen LogP contribution in [-0.4, -0.2) is 48.9 Å². The van der Waals surface area contributed by atoms with E-state index in [4.69, 9.17) is 9.26 Å². The highest BCUT2D eigenvalue weighted by Gasteiger charge is 2.26. The summed E-state index contributed by atoms with van der Waals surface area (Å²) in [6, 6.07) is 12.7. The number of carbonyl (C=O) groups is 1. The van der Waals surface area contributed by atoms with Crippen molar-refractivity contribution < 1.29 is 18.4 Å². The summed E-state index contributed by atoms with van der Waals surface area (Å²) in [7, 11) is 0. The number of nitrogens with zero attached hydrogens (tertiary/aromatic N) is 3. The van der Waals surface area contributed by atoms with E-state index in [9.17, 15) is 9.18 Å². The summed E-state index contributed by atoms with van der Waals surface area (Å²) in [4.78, 5) is 16.8. The molecule has 1 amide bonds. The van der Waals surface area contributed by atoms with Gasteiger partial charge in [-0.3, -0.25) is 4.90 Å². The minimum Gasteiger partial charge on any atom is -0.449 e. The minimum absolute atomic E-state index is 0. The number of hydrogen-bond acceptors (Lipinski definition) is 5. The Morgan fingerprint density at radius 2 is 2.06 bits per heavy atom. The Labute approximate surface area is 199 Å². The summed E-state index contributed by atoms with van der Waals surface area (Å²) in [5.74, 6) is -0.0454. The van der Waals surface area contributed by atoms with Crippen LogP contribution in [0.5, 0.6) is 0 Å². The number of benzene rings is 2. The van der Waals surface area contributed by atoms with E-state index >= 15 is 0 Å². The number of ether oxygens (including phenoxy) is 1. The SMILES string of the molecule is Cl.O=C(OCCCN1CCCC(c2noc3cc(F)ccc23)C1)N1CCCc2ccccc21. The van der Waals surface area contributed by atoms with Crippen LogP contribution in [0.15, 0.2) is 47.0 Å². The molecule has 0 saturated carbocycles. The highest BCUT2D eigenvalue weighted by molar-refractivity contribution is 5.89. The first-order valence-corrected chi connectivity index (χ1v) is 11.5. The Morgan fingerprint density at radius 3 is 2.97 bits per heavy atom. The lowest BCUT2D eigenvalue weighted by atomic mass is 9.92. The van der Waals surface area contributed by atoms with Crippen molar-refractivity contribution in [3.05, 3.63) is 59.5 Å². The molecule has 0 radical (unpaired) electrons. The Bertz CT molecular complexity index is 1110. The van der Waals surface area contributed by atoms with E-state index < -0.39 is 0 Å². The van der Waals surface area contributed by atoms with Crippen molar-refractivity contribution in [3.63, 3.8) is 0 Å². The Morgan fingerprint density at radius 1 is 1.18 bits per heavy atom. The Hall–Kier alpha value is -2.64. The molecule has 1 fully saturated rings. The molecule has 6 nitrogen and oxygen atoms in total. The third-order valence-corrected chi connectivity index (χ3v) is 6.53. The molecule has 1 unspecified atom stereocenters. The van der Waals surface area contributed by atoms with Gasteiger partial charge in [0, 0.05) is 37.0 Å². The topological polar surface area (TPSA) is 58.8 Å². The average Bonchev–Trinajstić information content (AvgIpc) is 3.24. The second-order valence-corrected chi connectivity index (χ2v) is 8.70. The van der Waals surface area contributed by atoms with Crippen molar-refractivity contribution in [2.75, 3.05) is 37.7 Å². The molecule has 1 saturated heterocycles. The predicted molar refractivity (Wildman–Crippen MR) is 128 cm³/mol. The van der Waals surface area contributed by atoms with Crippen LogP contribution < -0.4 is 4.90 Å². The largest absolute Gasteiger partial charge is 0.449 e. The maximum Gasteiger partial charge on any atom is 0.414 e. The van der Waals surface area contributed by atoms with Crippen molar-refractivity contribution in [3.8, 4) is 0 Å². The maximum absolute atomic E-state index is 13.4. The second-order valence-electron chi connectivity index (χ2n) is 8.70. The number of carbonyl (C=O) groups excluding carboxylic acids is 1. The normalized spacial score (nSPS) is 18.6. The Kier molecular flexibility index (Phi) is 7.50. The number of aryl methyl sites for hydroxylation is 1. The van der Waals surface area contributed by atoms with Crippen LogP contribution in [0.25, 0.3) is 11.0 Å². The standard InChI is InChI=1S/C25H28FN3O3.ClH/c26-20-10-11-21-23(16-20)32-27-24(21)19-8-3-12-28(17-19)13-5-15-31-25(30)29-14-4-7-18-6-1-2-9-22(18)29;/h1-2,6,9-11,16,19H,3-5,7-8,12-15,17H2;1H. The van der Waals surface area contributed by atoms with Crippen LogP contribution in [0.3, 0.4) is 0 Å². The summed E-state index contributed by atoms with van der Waals surface area (Å²) in [6.45, 7) is 3.88. The molecule has 3 heterocycles. The highest BCUT2D eigenvalue weighted by atomic mass is 35.5. The number of likely N-dealkylation sites (tertiary alicyclic amines) is 1. The number of rotatable bonds is 5. The molecule has 2 aliphatic rings. The van der Waals surface area contributed by atoms with Gasteiger partial charge in [0.25, 0.3) is 0 Å². The van der Waals surface area contributed by atoms with Crippen LogP contribution in [0.1, 0.15) is 42.9 Å². The van der Waals surface area contributed by atoms with Crippen LogP contribution in [-0.2, 0) is 11.2 Å². The predicted octanol–water partition coefficient (Wildman–Crippen LogP) is 5.55. The number of anilines is 1. The zero-order valence-electron chi connectivity index (χ0n) is 18.5. The number of amides is 1. The van der Waals surface area contributed by atoms with Gasteiger partial charge in [0.2, 0.25) is 0 Å². The van der Waals surface area contributed by atoms with Gasteiger partial charge in [-0.1, -0.05) is 23.4 Å². The molecule has 176 valence electrons. The molecule has 1 aromatic heterocycles. The van der Waals surface area contributed by atoms with E-state index in [2.05, 4.69) is 16.1 Å². The van der Waals surface area contributed by atoms with Gasteiger partial charge in [-0.05, 0) is 62.4 Å². The van der Waals surface area contributed by atoms with E-state index in [0.29, 0.717) is 18.7 Å². The van der Waals surface area contributed by atoms with E-state index in [0.717, 1.165) is 68.5 Å². The number of aromatic nitrogens is 1. The molecule has 5 rings (SSSR count). The average molecular weight is 474 g/mol. The summed E-state index contributed by atoms with van der Waals surface area (Å²) in [5, 5.41) is 5.14. The fraction of sp³-hybridized carbons (Fsp3) is 0.440. The first kappa shape index (κ1) is 23.5. The van der Waals surface area contributed by atoms with Crippen molar-refractivity contribution in [1.29, 1.82) is 0 Å². The van der Waals surface area contributed by atoms with Gasteiger partial charge >= 0.3 is 6.09 Å². The number of hydrogen-bond donors (Lipinski definition) is 0. The van der Waals surface area contributed by atoms with Gasteiger partial charge in [0.1, 0.15) is 5.82 Å². The van der Waals surface area contributed by atoms with Crippen molar-refractivity contribution >= 4 is 35.2 Å². The van der Waals surface area contributed by atoms with Crippen LogP contribution in [0, 0.1) is 5.82 Å². The van der Waals surface area contributed by atoms with E-state index in [-0.39, 0.29) is 30.2 Å². The lowest BCUT2D eigenvalue weighted by Gasteiger charge is -2.32.